The predicted molar refractivity (Wildman–Crippen MR) is 106 cm³/mol. The van der Waals surface area contributed by atoms with E-state index in [2.05, 4.69) is 5.32 Å². The first kappa shape index (κ1) is 19.0. The second-order valence-corrected chi connectivity index (χ2v) is 6.97. The lowest BCUT2D eigenvalue weighted by molar-refractivity contribution is 0.0609. The standard InChI is InChI=1S/C22H26N2O3/c1-16(2)21(25)24-14-18(19-10-6-7-11-20(19)24)12-13-23-22(26)27-15-17-8-4-3-5-9-17/h3-11,14,16,21,25H,12-13,15H2,1-2H3,(H,23,26)/t21-/m1/s1. The molecule has 3 aromatic rings. The van der Waals surface area contributed by atoms with Crippen molar-refractivity contribution in [1.82, 2.24) is 9.88 Å². The molecule has 5 heteroatoms. The van der Waals surface area contributed by atoms with Gasteiger partial charge in [-0.15, -0.1) is 0 Å². The molecule has 2 N–H and O–H groups in total. The highest BCUT2D eigenvalue weighted by Gasteiger charge is 2.16. The van der Waals surface area contributed by atoms with Gasteiger partial charge < -0.3 is 19.7 Å². The van der Waals surface area contributed by atoms with Crippen LogP contribution in [0.25, 0.3) is 10.9 Å². The maximum Gasteiger partial charge on any atom is 0.407 e. The van der Waals surface area contributed by atoms with Gasteiger partial charge in [0.15, 0.2) is 0 Å². The molecule has 5 nitrogen and oxygen atoms in total. The van der Waals surface area contributed by atoms with Gasteiger partial charge in [-0.25, -0.2) is 4.79 Å². The van der Waals surface area contributed by atoms with Crippen molar-refractivity contribution >= 4 is 17.0 Å². The summed E-state index contributed by atoms with van der Waals surface area (Å²) < 4.78 is 7.14. The van der Waals surface area contributed by atoms with Crippen LogP contribution in [0.4, 0.5) is 4.79 Å². The number of ether oxygens (including phenoxy) is 1. The first-order valence-corrected chi connectivity index (χ1v) is 9.27. The second-order valence-electron chi connectivity index (χ2n) is 6.97. The Morgan fingerprint density at radius 1 is 1.11 bits per heavy atom. The lowest BCUT2D eigenvalue weighted by Gasteiger charge is -2.17. The Morgan fingerprint density at radius 3 is 2.56 bits per heavy atom. The van der Waals surface area contributed by atoms with Crippen LogP contribution in [0.3, 0.4) is 0 Å². The van der Waals surface area contributed by atoms with E-state index in [4.69, 9.17) is 4.74 Å². The topological polar surface area (TPSA) is 63.5 Å². The number of alkyl carbamates (subject to hydrolysis) is 1. The number of para-hydroxylation sites is 1. The van der Waals surface area contributed by atoms with Crippen molar-refractivity contribution in [3.05, 3.63) is 71.9 Å². The van der Waals surface area contributed by atoms with Crippen LogP contribution in [-0.2, 0) is 17.8 Å². The summed E-state index contributed by atoms with van der Waals surface area (Å²) >= 11 is 0. The molecule has 0 aliphatic heterocycles. The first-order chi connectivity index (χ1) is 13.1. The molecule has 1 atom stereocenters. The van der Waals surface area contributed by atoms with E-state index in [0.29, 0.717) is 13.0 Å². The van der Waals surface area contributed by atoms with Gasteiger partial charge in [-0.2, -0.15) is 0 Å². The van der Waals surface area contributed by atoms with Gasteiger partial charge in [-0.05, 0) is 29.5 Å². The molecule has 1 heterocycles. The van der Waals surface area contributed by atoms with E-state index in [0.717, 1.165) is 22.0 Å². The second kappa shape index (κ2) is 8.73. The number of aliphatic hydroxyl groups is 1. The summed E-state index contributed by atoms with van der Waals surface area (Å²) in [6.45, 7) is 4.71. The highest BCUT2D eigenvalue weighted by molar-refractivity contribution is 5.84. The Morgan fingerprint density at radius 2 is 1.81 bits per heavy atom. The number of nitrogens with zero attached hydrogens (tertiary/aromatic N) is 1. The summed E-state index contributed by atoms with van der Waals surface area (Å²) in [5.41, 5.74) is 3.05. The monoisotopic (exact) mass is 366 g/mol. The van der Waals surface area contributed by atoms with Gasteiger partial charge in [0.05, 0.1) is 5.52 Å². The Kier molecular flexibility index (Phi) is 6.14. The van der Waals surface area contributed by atoms with Crippen LogP contribution in [0.5, 0.6) is 0 Å². The summed E-state index contributed by atoms with van der Waals surface area (Å²) in [6, 6.07) is 17.6. The molecule has 0 saturated carbocycles. The lowest BCUT2D eigenvalue weighted by Crippen LogP contribution is -2.26. The van der Waals surface area contributed by atoms with Crippen LogP contribution in [0, 0.1) is 5.92 Å². The van der Waals surface area contributed by atoms with Gasteiger partial charge in [-0.3, -0.25) is 0 Å². The molecule has 0 radical (unpaired) electrons. The SMILES string of the molecule is CC(C)[C@@H](O)n1cc(CCNC(=O)OCc2ccccc2)c2ccccc21. The fourth-order valence-corrected chi connectivity index (χ4v) is 3.09. The highest BCUT2D eigenvalue weighted by Crippen LogP contribution is 2.27. The third kappa shape index (κ3) is 4.68. The minimum Gasteiger partial charge on any atom is -0.445 e. The van der Waals surface area contributed by atoms with Crippen LogP contribution in [0.2, 0.25) is 0 Å². The van der Waals surface area contributed by atoms with Gasteiger partial charge in [0.2, 0.25) is 0 Å². The number of fused-ring (bicyclic) bond motifs is 1. The molecular weight excluding hydrogens is 340 g/mol. The van der Waals surface area contributed by atoms with Crippen LogP contribution in [0.15, 0.2) is 60.8 Å². The number of amides is 1. The van der Waals surface area contributed by atoms with Gasteiger partial charge >= 0.3 is 6.09 Å². The van der Waals surface area contributed by atoms with Crippen molar-refractivity contribution in [2.75, 3.05) is 6.54 Å². The number of benzene rings is 2. The molecule has 0 unspecified atom stereocenters. The van der Waals surface area contributed by atoms with E-state index in [1.54, 1.807) is 0 Å². The molecule has 1 aromatic heterocycles. The third-order valence-electron chi connectivity index (χ3n) is 4.58. The number of hydrogen-bond acceptors (Lipinski definition) is 3. The average molecular weight is 366 g/mol. The summed E-state index contributed by atoms with van der Waals surface area (Å²) in [7, 11) is 0. The molecule has 27 heavy (non-hydrogen) atoms. The van der Waals surface area contributed by atoms with E-state index in [9.17, 15) is 9.90 Å². The summed E-state index contributed by atoms with van der Waals surface area (Å²) in [4.78, 5) is 11.9. The van der Waals surface area contributed by atoms with E-state index in [-0.39, 0.29) is 12.5 Å². The largest absolute Gasteiger partial charge is 0.445 e. The number of aromatic nitrogens is 1. The predicted octanol–water partition coefficient (Wildman–Crippen LogP) is 4.26. The molecule has 0 aliphatic rings. The fourth-order valence-electron chi connectivity index (χ4n) is 3.09. The molecular formula is C22H26N2O3. The minimum atomic E-state index is -0.576. The van der Waals surface area contributed by atoms with Crippen LogP contribution in [-0.4, -0.2) is 22.3 Å². The van der Waals surface area contributed by atoms with E-state index < -0.39 is 12.3 Å². The molecule has 0 saturated heterocycles. The summed E-state index contributed by atoms with van der Waals surface area (Å²) in [5, 5.41) is 14.4. The Bertz CT molecular complexity index is 887. The molecule has 0 spiro atoms. The molecule has 0 fully saturated rings. The van der Waals surface area contributed by atoms with Crippen LogP contribution in [0.1, 0.15) is 31.2 Å². The number of aliphatic hydroxyl groups excluding tert-OH is 1. The number of hydrogen-bond donors (Lipinski definition) is 2. The normalized spacial score (nSPS) is 12.3. The number of rotatable bonds is 7. The van der Waals surface area contributed by atoms with Gasteiger partial charge in [-0.1, -0.05) is 62.4 Å². The van der Waals surface area contributed by atoms with E-state index in [1.165, 1.54) is 0 Å². The zero-order chi connectivity index (χ0) is 19.2. The fraction of sp³-hybridized carbons (Fsp3) is 0.318. The number of carbonyl (C=O) groups excluding carboxylic acids is 1. The van der Waals surface area contributed by atoms with Crippen molar-refractivity contribution < 1.29 is 14.6 Å². The van der Waals surface area contributed by atoms with Gasteiger partial charge in [0, 0.05) is 18.1 Å². The Balaban J connectivity index is 1.59. The van der Waals surface area contributed by atoms with E-state index in [1.807, 2.05) is 79.2 Å². The smallest absolute Gasteiger partial charge is 0.407 e. The molecule has 1 amide bonds. The zero-order valence-electron chi connectivity index (χ0n) is 15.8. The van der Waals surface area contributed by atoms with Gasteiger partial charge in [0.1, 0.15) is 12.8 Å². The summed E-state index contributed by atoms with van der Waals surface area (Å²) in [6.07, 6.45) is 1.64. The number of carbonyl (C=O) groups is 1. The van der Waals surface area contributed by atoms with Crippen molar-refractivity contribution in [3.63, 3.8) is 0 Å². The quantitative estimate of drug-likeness (QED) is 0.657. The summed E-state index contributed by atoms with van der Waals surface area (Å²) in [5.74, 6) is 0.111. The van der Waals surface area contributed by atoms with Crippen LogP contribution < -0.4 is 5.32 Å². The van der Waals surface area contributed by atoms with Crippen molar-refractivity contribution in [2.24, 2.45) is 5.92 Å². The zero-order valence-corrected chi connectivity index (χ0v) is 15.8. The average Bonchev–Trinajstić information content (AvgIpc) is 3.05. The van der Waals surface area contributed by atoms with E-state index >= 15 is 0 Å². The Hall–Kier alpha value is -2.79. The highest BCUT2D eigenvalue weighted by atomic mass is 16.5. The van der Waals surface area contributed by atoms with Crippen molar-refractivity contribution in [2.45, 2.75) is 33.1 Å². The van der Waals surface area contributed by atoms with Gasteiger partial charge in [0.25, 0.3) is 0 Å². The van der Waals surface area contributed by atoms with Crippen molar-refractivity contribution in [3.8, 4) is 0 Å². The molecule has 142 valence electrons. The minimum absolute atomic E-state index is 0.111. The molecule has 2 aromatic carbocycles. The molecule has 3 rings (SSSR count). The molecule has 0 aliphatic carbocycles. The maximum atomic E-state index is 11.9. The third-order valence-corrected chi connectivity index (χ3v) is 4.58. The molecule has 0 bridgehead atoms. The van der Waals surface area contributed by atoms with Crippen LogP contribution >= 0.6 is 0 Å². The van der Waals surface area contributed by atoms with Crippen molar-refractivity contribution in [1.29, 1.82) is 0 Å². The number of nitrogens with one attached hydrogen (secondary N) is 1. The maximum absolute atomic E-state index is 11.9. The Labute approximate surface area is 159 Å². The lowest BCUT2D eigenvalue weighted by atomic mass is 10.1. The first-order valence-electron chi connectivity index (χ1n) is 9.27.